The molecule has 1 aromatic rings. The summed E-state index contributed by atoms with van der Waals surface area (Å²) in [5, 5.41) is 12.0. The number of halogens is 1. The molecule has 6 heteroatoms. The third kappa shape index (κ3) is 3.68. The van der Waals surface area contributed by atoms with E-state index in [9.17, 15) is 4.79 Å². The largest absolute Gasteiger partial charge is 0.395 e. The molecule has 0 aliphatic heterocycles. The minimum Gasteiger partial charge on any atom is -0.395 e. The number of hydrogen-bond donors (Lipinski definition) is 2. The number of aromatic nitrogens is 1. The van der Waals surface area contributed by atoms with Gasteiger partial charge in [0.05, 0.1) is 12.2 Å². The van der Waals surface area contributed by atoms with Crippen LogP contribution in [0.5, 0.6) is 0 Å². The summed E-state index contributed by atoms with van der Waals surface area (Å²) >= 11 is 3.32. The van der Waals surface area contributed by atoms with E-state index in [4.69, 9.17) is 5.11 Å². The van der Waals surface area contributed by atoms with Crippen LogP contribution in [0.3, 0.4) is 0 Å². The summed E-state index contributed by atoms with van der Waals surface area (Å²) in [6.07, 6.45) is 1.65. The third-order valence-electron chi connectivity index (χ3n) is 2.47. The van der Waals surface area contributed by atoms with Crippen LogP contribution in [-0.4, -0.2) is 47.1 Å². The average Bonchev–Trinajstić information content (AvgIpc) is 2.37. The van der Waals surface area contributed by atoms with Crippen LogP contribution in [0.15, 0.2) is 16.7 Å². The molecule has 18 heavy (non-hydrogen) atoms. The molecule has 1 heterocycles. The standard InChI is InChI=1S/C12H18BrN3O2/c1-3-14-11-10(7-9(13)8-15-11)12(18)16(4-2)5-6-17/h7-8,17H,3-6H2,1-2H3,(H,14,15). The maximum atomic E-state index is 12.3. The first-order chi connectivity index (χ1) is 8.63. The molecule has 2 N–H and O–H groups in total. The zero-order valence-electron chi connectivity index (χ0n) is 10.6. The second kappa shape index (κ2) is 7.33. The number of carbonyl (C=O) groups excluding carboxylic acids is 1. The summed E-state index contributed by atoms with van der Waals surface area (Å²) in [6.45, 7) is 5.36. The number of nitrogens with zero attached hydrogens (tertiary/aromatic N) is 2. The number of anilines is 1. The number of likely N-dealkylation sites (N-methyl/N-ethyl adjacent to an activating group) is 1. The molecule has 0 spiro atoms. The zero-order valence-corrected chi connectivity index (χ0v) is 12.2. The number of carbonyl (C=O) groups is 1. The fourth-order valence-electron chi connectivity index (χ4n) is 1.60. The fourth-order valence-corrected chi connectivity index (χ4v) is 1.94. The summed E-state index contributed by atoms with van der Waals surface area (Å²) in [7, 11) is 0. The SMILES string of the molecule is CCNc1ncc(Br)cc1C(=O)N(CC)CCO. The normalized spacial score (nSPS) is 10.2. The van der Waals surface area contributed by atoms with E-state index in [1.807, 2.05) is 13.8 Å². The van der Waals surface area contributed by atoms with Gasteiger partial charge in [0.25, 0.3) is 5.91 Å². The van der Waals surface area contributed by atoms with E-state index in [0.717, 1.165) is 4.47 Å². The lowest BCUT2D eigenvalue weighted by Gasteiger charge is -2.21. The summed E-state index contributed by atoms with van der Waals surface area (Å²) in [4.78, 5) is 18.1. The Labute approximate surface area is 115 Å². The zero-order chi connectivity index (χ0) is 13.5. The Balaban J connectivity index is 3.05. The summed E-state index contributed by atoms with van der Waals surface area (Å²) in [6, 6.07) is 1.74. The highest BCUT2D eigenvalue weighted by Gasteiger charge is 2.18. The number of rotatable bonds is 6. The second-order valence-electron chi connectivity index (χ2n) is 3.69. The van der Waals surface area contributed by atoms with E-state index in [1.54, 1.807) is 17.2 Å². The van der Waals surface area contributed by atoms with Crippen molar-refractivity contribution in [2.75, 3.05) is 31.6 Å². The molecule has 0 aliphatic carbocycles. The lowest BCUT2D eigenvalue weighted by atomic mass is 10.2. The van der Waals surface area contributed by atoms with Gasteiger partial charge in [0, 0.05) is 30.3 Å². The predicted molar refractivity (Wildman–Crippen MR) is 74.8 cm³/mol. The van der Waals surface area contributed by atoms with Gasteiger partial charge in [0.2, 0.25) is 0 Å². The van der Waals surface area contributed by atoms with Crippen molar-refractivity contribution in [3.63, 3.8) is 0 Å². The van der Waals surface area contributed by atoms with Crippen LogP contribution < -0.4 is 5.32 Å². The van der Waals surface area contributed by atoms with Gasteiger partial charge in [-0.3, -0.25) is 4.79 Å². The van der Waals surface area contributed by atoms with Gasteiger partial charge in [-0.15, -0.1) is 0 Å². The van der Waals surface area contributed by atoms with Gasteiger partial charge in [-0.25, -0.2) is 4.98 Å². The molecule has 0 bridgehead atoms. The van der Waals surface area contributed by atoms with E-state index >= 15 is 0 Å². The Bertz CT molecular complexity index is 412. The van der Waals surface area contributed by atoms with Crippen LogP contribution in [-0.2, 0) is 0 Å². The average molecular weight is 316 g/mol. The van der Waals surface area contributed by atoms with Crippen molar-refractivity contribution in [2.45, 2.75) is 13.8 Å². The molecule has 0 aliphatic rings. The first-order valence-corrected chi connectivity index (χ1v) is 6.72. The molecule has 0 unspecified atom stereocenters. The molecule has 0 saturated carbocycles. The van der Waals surface area contributed by atoms with Crippen molar-refractivity contribution in [3.8, 4) is 0 Å². The van der Waals surface area contributed by atoms with Gasteiger partial charge in [0.15, 0.2) is 0 Å². The minimum atomic E-state index is -0.128. The van der Waals surface area contributed by atoms with Gasteiger partial charge in [0.1, 0.15) is 5.82 Å². The van der Waals surface area contributed by atoms with Gasteiger partial charge >= 0.3 is 0 Å². The Hall–Kier alpha value is -1.14. The maximum Gasteiger partial charge on any atom is 0.257 e. The van der Waals surface area contributed by atoms with Gasteiger partial charge < -0.3 is 15.3 Å². The van der Waals surface area contributed by atoms with E-state index in [-0.39, 0.29) is 12.5 Å². The summed E-state index contributed by atoms with van der Waals surface area (Å²) in [5.41, 5.74) is 0.515. The Morgan fingerprint density at radius 3 is 2.83 bits per heavy atom. The van der Waals surface area contributed by atoms with E-state index in [0.29, 0.717) is 31.0 Å². The lowest BCUT2D eigenvalue weighted by molar-refractivity contribution is 0.0732. The smallest absolute Gasteiger partial charge is 0.257 e. The number of aliphatic hydroxyl groups excluding tert-OH is 1. The molecular formula is C12H18BrN3O2. The molecule has 0 radical (unpaired) electrons. The van der Waals surface area contributed by atoms with Crippen LogP contribution in [0, 0.1) is 0 Å². The molecule has 0 atom stereocenters. The maximum absolute atomic E-state index is 12.3. The second-order valence-corrected chi connectivity index (χ2v) is 4.60. The number of amides is 1. The first-order valence-electron chi connectivity index (χ1n) is 5.93. The van der Waals surface area contributed by atoms with E-state index in [2.05, 4.69) is 26.2 Å². The number of nitrogens with one attached hydrogen (secondary N) is 1. The van der Waals surface area contributed by atoms with Gasteiger partial charge in [-0.2, -0.15) is 0 Å². The molecule has 5 nitrogen and oxygen atoms in total. The van der Waals surface area contributed by atoms with E-state index < -0.39 is 0 Å². The van der Waals surface area contributed by atoms with Crippen molar-refractivity contribution in [1.29, 1.82) is 0 Å². The van der Waals surface area contributed by atoms with Gasteiger partial charge in [-0.05, 0) is 35.8 Å². The molecule has 0 fully saturated rings. The first kappa shape index (κ1) is 14.9. The lowest BCUT2D eigenvalue weighted by Crippen LogP contribution is -2.34. The Morgan fingerprint density at radius 2 is 2.28 bits per heavy atom. The predicted octanol–water partition coefficient (Wildman–Crippen LogP) is 1.73. The molecular weight excluding hydrogens is 298 g/mol. The van der Waals surface area contributed by atoms with Crippen LogP contribution in [0.4, 0.5) is 5.82 Å². The number of aliphatic hydroxyl groups is 1. The number of pyridine rings is 1. The minimum absolute atomic E-state index is 0.0441. The highest BCUT2D eigenvalue weighted by molar-refractivity contribution is 9.10. The van der Waals surface area contributed by atoms with Crippen molar-refractivity contribution in [2.24, 2.45) is 0 Å². The third-order valence-corrected chi connectivity index (χ3v) is 2.90. The summed E-state index contributed by atoms with van der Waals surface area (Å²) in [5.74, 6) is 0.443. The van der Waals surface area contributed by atoms with E-state index in [1.165, 1.54) is 0 Å². The Kier molecular flexibility index (Phi) is 6.07. The van der Waals surface area contributed by atoms with Crippen molar-refractivity contribution in [3.05, 3.63) is 22.3 Å². The topological polar surface area (TPSA) is 65.5 Å². The monoisotopic (exact) mass is 315 g/mol. The molecule has 1 amide bonds. The molecule has 1 aromatic heterocycles. The fraction of sp³-hybridized carbons (Fsp3) is 0.500. The van der Waals surface area contributed by atoms with Crippen molar-refractivity contribution < 1.29 is 9.90 Å². The van der Waals surface area contributed by atoms with Crippen LogP contribution >= 0.6 is 15.9 Å². The Morgan fingerprint density at radius 1 is 1.56 bits per heavy atom. The molecule has 0 aromatic carbocycles. The summed E-state index contributed by atoms with van der Waals surface area (Å²) < 4.78 is 0.757. The highest BCUT2D eigenvalue weighted by atomic mass is 79.9. The number of hydrogen-bond acceptors (Lipinski definition) is 4. The quantitative estimate of drug-likeness (QED) is 0.839. The van der Waals surface area contributed by atoms with Crippen molar-refractivity contribution >= 4 is 27.7 Å². The van der Waals surface area contributed by atoms with Gasteiger partial charge in [-0.1, -0.05) is 0 Å². The van der Waals surface area contributed by atoms with Crippen LogP contribution in [0.25, 0.3) is 0 Å². The van der Waals surface area contributed by atoms with Crippen molar-refractivity contribution in [1.82, 2.24) is 9.88 Å². The van der Waals surface area contributed by atoms with Crippen LogP contribution in [0.2, 0.25) is 0 Å². The molecule has 1 rings (SSSR count). The molecule has 100 valence electrons. The van der Waals surface area contributed by atoms with Crippen LogP contribution in [0.1, 0.15) is 24.2 Å². The highest BCUT2D eigenvalue weighted by Crippen LogP contribution is 2.19. The molecule has 0 saturated heterocycles.